The van der Waals surface area contributed by atoms with Gasteiger partial charge in [0.15, 0.2) is 5.69 Å². The Labute approximate surface area is 191 Å². The summed E-state index contributed by atoms with van der Waals surface area (Å²) >= 11 is 0. The maximum Gasteiger partial charge on any atom is 0.358 e. The molecule has 0 spiro atoms. The summed E-state index contributed by atoms with van der Waals surface area (Å²) in [5, 5.41) is 11.7. The van der Waals surface area contributed by atoms with Crippen molar-refractivity contribution in [2.75, 3.05) is 11.9 Å². The molecule has 8 heteroatoms. The highest BCUT2D eigenvalue weighted by atomic mass is 16.5. The van der Waals surface area contributed by atoms with Crippen molar-refractivity contribution in [3.05, 3.63) is 95.1 Å². The van der Waals surface area contributed by atoms with E-state index in [4.69, 9.17) is 4.74 Å². The second kappa shape index (κ2) is 9.52. The molecule has 0 unspecified atom stereocenters. The molecule has 0 bridgehead atoms. The van der Waals surface area contributed by atoms with Gasteiger partial charge in [-0.1, -0.05) is 18.2 Å². The van der Waals surface area contributed by atoms with Gasteiger partial charge in [-0.05, 0) is 68.8 Å². The molecule has 0 radical (unpaired) electrons. The first-order chi connectivity index (χ1) is 15.9. The molecule has 0 aliphatic rings. The van der Waals surface area contributed by atoms with Crippen molar-refractivity contribution in [2.45, 2.75) is 27.3 Å². The summed E-state index contributed by atoms with van der Waals surface area (Å²) in [4.78, 5) is 24.7. The van der Waals surface area contributed by atoms with E-state index in [-0.39, 0.29) is 18.2 Å². The number of rotatable bonds is 7. The van der Waals surface area contributed by atoms with Gasteiger partial charge in [0, 0.05) is 23.1 Å². The molecule has 0 saturated carbocycles. The Bertz CT molecular complexity index is 1300. The number of benzene rings is 2. The van der Waals surface area contributed by atoms with E-state index in [1.54, 1.807) is 42.1 Å². The maximum absolute atomic E-state index is 12.9. The van der Waals surface area contributed by atoms with E-state index < -0.39 is 5.97 Å². The van der Waals surface area contributed by atoms with Crippen LogP contribution in [0, 0.1) is 13.8 Å². The number of carbonyl (C=O) groups is 2. The Hall–Kier alpha value is -4.20. The van der Waals surface area contributed by atoms with Gasteiger partial charge in [-0.25, -0.2) is 9.48 Å². The average molecular weight is 444 g/mol. The van der Waals surface area contributed by atoms with Crippen LogP contribution in [0.15, 0.2) is 66.9 Å². The zero-order chi connectivity index (χ0) is 23.4. The van der Waals surface area contributed by atoms with Gasteiger partial charge in [-0.15, -0.1) is 0 Å². The third kappa shape index (κ3) is 5.17. The fourth-order valence-electron chi connectivity index (χ4n) is 3.53. The van der Waals surface area contributed by atoms with E-state index in [0.717, 1.165) is 17.0 Å². The number of ether oxygens (including phenoxy) is 1. The standard InChI is InChI=1S/C25H25N5O3/c1-4-33-25(32)23-11-12-29(28-23)22-10-6-9-21(15-22)26-24(31)20-8-5-7-19(14-20)16-30-18(3)13-17(2)27-30/h5-15H,4,16H2,1-3H3,(H,26,31). The smallest absolute Gasteiger partial charge is 0.358 e. The van der Waals surface area contributed by atoms with Crippen molar-refractivity contribution in [2.24, 2.45) is 0 Å². The molecule has 1 N–H and O–H groups in total. The topological polar surface area (TPSA) is 91.0 Å². The molecular weight excluding hydrogens is 418 g/mol. The number of esters is 1. The van der Waals surface area contributed by atoms with Crippen molar-refractivity contribution in [3.8, 4) is 5.69 Å². The van der Waals surface area contributed by atoms with Crippen LogP contribution in [0.2, 0.25) is 0 Å². The maximum atomic E-state index is 12.9. The first kappa shape index (κ1) is 22.0. The highest BCUT2D eigenvalue weighted by Crippen LogP contribution is 2.17. The molecule has 0 atom stereocenters. The van der Waals surface area contributed by atoms with Gasteiger partial charge in [-0.2, -0.15) is 10.2 Å². The van der Waals surface area contributed by atoms with Gasteiger partial charge < -0.3 is 10.1 Å². The molecule has 2 aromatic heterocycles. The third-order valence-corrected chi connectivity index (χ3v) is 5.07. The number of amides is 1. The van der Waals surface area contributed by atoms with E-state index in [2.05, 4.69) is 15.5 Å². The average Bonchev–Trinajstić information content (AvgIpc) is 3.41. The van der Waals surface area contributed by atoms with E-state index >= 15 is 0 Å². The summed E-state index contributed by atoms with van der Waals surface area (Å²) in [6.45, 7) is 6.60. The van der Waals surface area contributed by atoms with Crippen LogP contribution in [0.25, 0.3) is 5.69 Å². The number of anilines is 1. The first-order valence-corrected chi connectivity index (χ1v) is 10.7. The second-order valence-electron chi connectivity index (χ2n) is 7.66. The molecule has 0 fully saturated rings. The number of nitrogens with zero attached hydrogens (tertiary/aromatic N) is 4. The minimum Gasteiger partial charge on any atom is -0.461 e. The SMILES string of the molecule is CCOC(=O)c1ccn(-c2cccc(NC(=O)c3cccc(Cn4nc(C)cc4C)c3)c2)n1. The highest BCUT2D eigenvalue weighted by Gasteiger charge is 2.12. The zero-order valence-electron chi connectivity index (χ0n) is 18.8. The summed E-state index contributed by atoms with van der Waals surface area (Å²) in [6, 6.07) is 18.4. The van der Waals surface area contributed by atoms with Gasteiger partial charge in [0.25, 0.3) is 5.91 Å². The third-order valence-electron chi connectivity index (χ3n) is 5.07. The van der Waals surface area contributed by atoms with Crippen molar-refractivity contribution in [1.29, 1.82) is 0 Å². The lowest BCUT2D eigenvalue weighted by Gasteiger charge is -2.10. The summed E-state index contributed by atoms with van der Waals surface area (Å²) in [5.41, 5.74) is 5.15. The molecule has 0 saturated heterocycles. The van der Waals surface area contributed by atoms with Gasteiger partial charge in [0.2, 0.25) is 0 Å². The van der Waals surface area contributed by atoms with Crippen LogP contribution in [0.1, 0.15) is 44.7 Å². The predicted octanol–water partition coefficient (Wildman–Crippen LogP) is 4.16. The van der Waals surface area contributed by atoms with Crippen molar-refractivity contribution < 1.29 is 14.3 Å². The van der Waals surface area contributed by atoms with Crippen molar-refractivity contribution >= 4 is 17.6 Å². The summed E-state index contributed by atoms with van der Waals surface area (Å²) in [6.07, 6.45) is 1.68. The number of nitrogens with one attached hydrogen (secondary N) is 1. The predicted molar refractivity (Wildman–Crippen MR) is 125 cm³/mol. The quantitative estimate of drug-likeness (QED) is 0.433. The molecule has 2 aromatic carbocycles. The Morgan fingerprint density at radius 1 is 1.00 bits per heavy atom. The molecule has 2 heterocycles. The molecule has 8 nitrogen and oxygen atoms in total. The molecule has 168 valence electrons. The lowest BCUT2D eigenvalue weighted by Crippen LogP contribution is -2.13. The van der Waals surface area contributed by atoms with Crippen LogP contribution < -0.4 is 5.32 Å². The van der Waals surface area contributed by atoms with E-state index in [0.29, 0.717) is 23.5 Å². The van der Waals surface area contributed by atoms with E-state index in [9.17, 15) is 9.59 Å². The van der Waals surface area contributed by atoms with Crippen molar-refractivity contribution in [3.63, 3.8) is 0 Å². The molecular formula is C25H25N5O3. The molecule has 4 rings (SSSR count). The molecule has 0 aliphatic heterocycles. The van der Waals surface area contributed by atoms with Gasteiger partial charge in [0.05, 0.1) is 24.5 Å². The summed E-state index contributed by atoms with van der Waals surface area (Å²) < 4.78 is 8.47. The number of hydrogen-bond acceptors (Lipinski definition) is 5. The number of carbonyl (C=O) groups excluding carboxylic acids is 2. The molecule has 33 heavy (non-hydrogen) atoms. The fourth-order valence-corrected chi connectivity index (χ4v) is 3.53. The Balaban J connectivity index is 1.48. The monoisotopic (exact) mass is 443 g/mol. The minimum atomic E-state index is -0.471. The van der Waals surface area contributed by atoms with Crippen molar-refractivity contribution in [1.82, 2.24) is 19.6 Å². The molecule has 4 aromatic rings. The van der Waals surface area contributed by atoms with E-state index in [1.807, 2.05) is 54.9 Å². The lowest BCUT2D eigenvalue weighted by atomic mass is 10.1. The van der Waals surface area contributed by atoms with Crippen LogP contribution in [-0.4, -0.2) is 38.0 Å². The Morgan fingerprint density at radius 3 is 2.58 bits per heavy atom. The van der Waals surface area contributed by atoms with Crippen LogP contribution in [0.4, 0.5) is 5.69 Å². The fraction of sp³-hybridized carbons (Fsp3) is 0.200. The van der Waals surface area contributed by atoms with Crippen LogP contribution >= 0.6 is 0 Å². The van der Waals surface area contributed by atoms with Gasteiger partial charge in [-0.3, -0.25) is 9.48 Å². The lowest BCUT2D eigenvalue weighted by molar-refractivity contribution is 0.0519. The normalized spacial score (nSPS) is 10.8. The van der Waals surface area contributed by atoms with Crippen LogP contribution in [0.3, 0.4) is 0 Å². The Morgan fingerprint density at radius 2 is 1.82 bits per heavy atom. The Kier molecular flexibility index (Phi) is 6.35. The molecule has 1 amide bonds. The summed E-state index contributed by atoms with van der Waals surface area (Å²) in [7, 11) is 0. The van der Waals surface area contributed by atoms with Gasteiger partial charge >= 0.3 is 5.97 Å². The number of aryl methyl sites for hydroxylation is 2. The van der Waals surface area contributed by atoms with Gasteiger partial charge in [0.1, 0.15) is 0 Å². The first-order valence-electron chi connectivity index (χ1n) is 10.7. The van der Waals surface area contributed by atoms with Crippen LogP contribution in [0.5, 0.6) is 0 Å². The van der Waals surface area contributed by atoms with Crippen LogP contribution in [-0.2, 0) is 11.3 Å². The summed E-state index contributed by atoms with van der Waals surface area (Å²) in [5.74, 6) is -0.684. The number of aromatic nitrogens is 4. The molecule has 0 aliphatic carbocycles. The minimum absolute atomic E-state index is 0.213. The number of hydrogen-bond donors (Lipinski definition) is 1. The zero-order valence-corrected chi connectivity index (χ0v) is 18.8. The largest absolute Gasteiger partial charge is 0.461 e. The van der Waals surface area contributed by atoms with E-state index in [1.165, 1.54) is 0 Å². The highest BCUT2D eigenvalue weighted by molar-refractivity contribution is 6.04. The second-order valence-corrected chi connectivity index (χ2v) is 7.66.